The Morgan fingerprint density at radius 3 is 2.23 bits per heavy atom. The fraction of sp³-hybridized carbons (Fsp3) is 0.408. The van der Waals surface area contributed by atoms with Crippen LogP contribution >= 0.6 is 18.7 Å². The molecule has 0 radical (unpaired) electrons. The highest BCUT2D eigenvalue weighted by molar-refractivity contribution is 7.70. The van der Waals surface area contributed by atoms with Gasteiger partial charge < -0.3 is 29.7 Å². The van der Waals surface area contributed by atoms with Crippen molar-refractivity contribution in [1.82, 2.24) is 34.9 Å². The minimum absolute atomic E-state index is 0.00805. The summed E-state index contributed by atoms with van der Waals surface area (Å²) >= 11 is 6.66. The van der Waals surface area contributed by atoms with E-state index in [1.807, 2.05) is 42.5 Å². The Kier molecular flexibility index (Phi) is 12.4. The van der Waals surface area contributed by atoms with E-state index >= 15 is 4.39 Å². The molecule has 4 fully saturated rings. The highest BCUT2D eigenvalue weighted by Gasteiger charge is 2.45. The molecule has 4 amide bonds. The molecule has 1 saturated carbocycles. The van der Waals surface area contributed by atoms with Crippen LogP contribution in [0.5, 0.6) is 5.75 Å². The third-order valence-corrected chi connectivity index (χ3v) is 15.7. The number of piperidine rings is 2. The molecule has 6 heterocycles. The summed E-state index contributed by atoms with van der Waals surface area (Å²) in [5, 5.41) is 14.5. The van der Waals surface area contributed by atoms with Crippen molar-refractivity contribution in [3.63, 3.8) is 0 Å². The van der Waals surface area contributed by atoms with Crippen LogP contribution in [0.3, 0.4) is 0 Å². The number of amides is 4. The lowest BCUT2D eigenvalue weighted by Gasteiger charge is -2.40. The summed E-state index contributed by atoms with van der Waals surface area (Å²) in [6.45, 7) is 8.55. The number of ether oxygens (including phenoxy) is 1. The number of fused-ring (bicyclic) bond motifs is 1. The monoisotopic (exact) mass is 977 g/mol. The van der Waals surface area contributed by atoms with Crippen LogP contribution in [0, 0.1) is 11.7 Å². The second-order valence-electron chi connectivity index (χ2n) is 19.0. The van der Waals surface area contributed by atoms with E-state index in [0.717, 1.165) is 78.4 Å². The molecule has 1 atom stereocenters. The molecule has 20 heteroatoms. The molecular weight excluding hydrogens is 924 g/mol. The van der Waals surface area contributed by atoms with Crippen LogP contribution in [0.4, 0.5) is 38.9 Å². The van der Waals surface area contributed by atoms with Gasteiger partial charge in [-0.1, -0.05) is 17.7 Å². The van der Waals surface area contributed by atoms with Crippen molar-refractivity contribution in [3.05, 3.63) is 88.6 Å². The molecule has 0 bridgehead atoms. The molecule has 3 saturated heterocycles. The molecule has 17 nitrogen and oxygen atoms in total. The first-order valence-electron chi connectivity index (χ1n) is 23.4. The Morgan fingerprint density at radius 1 is 0.841 bits per heavy atom. The number of carbonyl (C=O) groups excluding carboxylic acids is 4. The van der Waals surface area contributed by atoms with E-state index in [0.29, 0.717) is 71.9 Å². The topological polar surface area (TPSA) is 187 Å². The van der Waals surface area contributed by atoms with Gasteiger partial charge in [-0.15, -0.1) is 0 Å². The van der Waals surface area contributed by atoms with Crippen molar-refractivity contribution in [3.8, 4) is 16.9 Å². The van der Waals surface area contributed by atoms with Crippen molar-refractivity contribution >= 4 is 82.2 Å². The number of aryl methyl sites for hydroxylation is 1. The van der Waals surface area contributed by atoms with Gasteiger partial charge in [0, 0.05) is 93.7 Å². The van der Waals surface area contributed by atoms with Gasteiger partial charge in [0.05, 0.1) is 47.7 Å². The third kappa shape index (κ3) is 9.41. The number of benzene rings is 3. The summed E-state index contributed by atoms with van der Waals surface area (Å²) in [7, 11) is 0.873. The largest absolute Gasteiger partial charge is 0.494 e. The van der Waals surface area contributed by atoms with E-state index in [4.69, 9.17) is 21.3 Å². The van der Waals surface area contributed by atoms with Crippen molar-refractivity contribution < 1.29 is 32.9 Å². The number of methoxy groups -OCH3 is 1. The van der Waals surface area contributed by atoms with Gasteiger partial charge in [0.1, 0.15) is 29.8 Å². The lowest BCUT2D eigenvalue weighted by Crippen LogP contribution is -2.54. The molecule has 5 aromatic rings. The molecule has 0 spiro atoms. The summed E-state index contributed by atoms with van der Waals surface area (Å²) in [4.78, 5) is 67.7. The standard InChI is InChI=1S/C49H54ClFN11O6P/c1-58-27-31(24-53-58)32-21-38(55-49-52-25-35(50)45(57-49)54-37-8-7-30(29-5-6-29)19-43(37)69(3,4)67)42(68-2)23-40(32)60-13-11-28(12-14-60)26-59-15-17-61(18-16-59)41-22-34-33(20-36(41)51)47(65)62(48(34)66)39-9-10-44(63)56-46(39)64/h7-8,19-25,27-29,39H,5-6,9-18,26H2,1-4H3,(H,56,63,64)(H2,52,54,55,57). The lowest BCUT2D eigenvalue weighted by atomic mass is 9.94. The zero-order valence-electron chi connectivity index (χ0n) is 38.9. The maximum absolute atomic E-state index is 15.6. The summed E-state index contributed by atoms with van der Waals surface area (Å²) in [6.07, 6.45) is 9.60. The van der Waals surface area contributed by atoms with Gasteiger partial charge in [-0.2, -0.15) is 10.1 Å². The maximum atomic E-state index is 15.6. The average Bonchev–Trinajstić information content (AvgIpc) is 4.04. The Morgan fingerprint density at radius 2 is 1.57 bits per heavy atom. The van der Waals surface area contributed by atoms with Crippen LogP contribution < -0.4 is 35.8 Å². The van der Waals surface area contributed by atoms with E-state index < -0.39 is 42.6 Å². The highest BCUT2D eigenvalue weighted by atomic mass is 35.5. The maximum Gasteiger partial charge on any atom is 0.262 e. The van der Waals surface area contributed by atoms with Crippen molar-refractivity contribution in [2.75, 3.05) is 86.7 Å². The average molecular weight is 978 g/mol. The van der Waals surface area contributed by atoms with Crippen molar-refractivity contribution in [2.45, 2.75) is 50.5 Å². The highest BCUT2D eigenvalue weighted by Crippen LogP contribution is 2.45. The molecular formula is C49H54ClFN11O6P. The van der Waals surface area contributed by atoms with Gasteiger partial charge >= 0.3 is 0 Å². The van der Waals surface area contributed by atoms with E-state index in [-0.39, 0.29) is 29.7 Å². The summed E-state index contributed by atoms with van der Waals surface area (Å²) in [5.74, 6) is -0.917. The number of halogens is 2. The Balaban J connectivity index is 0.797. The van der Waals surface area contributed by atoms with Gasteiger partial charge in [-0.3, -0.25) is 39.0 Å². The van der Waals surface area contributed by atoms with Gasteiger partial charge in [0.25, 0.3) is 11.8 Å². The minimum atomic E-state index is -2.65. The predicted octanol–water partition coefficient (Wildman–Crippen LogP) is 6.73. The number of aromatic nitrogens is 4. The number of rotatable bonds is 13. The second kappa shape index (κ2) is 18.5. The zero-order valence-corrected chi connectivity index (χ0v) is 40.6. The first-order valence-corrected chi connectivity index (χ1v) is 26.3. The molecule has 1 aliphatic carbocycles. The number of nitrogens with one attached hydrogen (secondary N) is 3. The number of imide groups is 2. The van der Waals surface area contributed by atoms with E-state index in [2.05, 4.69) is 48.0 Å². The molecule has 2 aromatic heterocycles. The molecule has 360 valence electrons. The fourth-order valence-corrected chi connectivity index (χ4v) is 11.3. The van der Waals surface area contributed by atoms with E-state index in [9.17, 15) is 23.7 Å². The minimum Gasteiger partial charge on any atom is -0.494 e. The molecule has 4 aliphatic heterocycles. The normalized spacial score (nSPS) is 19.3. The molecule has 69 heavy (non-hydrogen) atoms. The number of piperazine rings is 1. The van der Waals surface area contributed by atoms with E-state index in [1.54, 1.807) is 25.1 Å². The Bertz CT molecular complexity index is 2940. The van der Waals surface area contributed by atoms with Gasteiger partial charge in [0.15, 0.2) is 5.82 Å². The van der Waals surface area contributed by atoms with Crippen LogP contribution in [0.1, 0.15) is 70.7 Å². The second-order valence-corrected chi connectivity index (χ2v) is 22.6. The number of hydrogen-bond acceptors (Lipinski definition) is 14. The van der Waals surface area contributed by atoms with Crippen LogP contribution in [-0.4, -0.2) is 125 Å². The van der Waals surface area contributed by atoms with Crippen molar-refractivity contribution in [1.29, 1.82) is 0 Å². The van der Waals surface area contributed by atoms with Crippen LogP contribution in [-0.2, 0) is 21.2 Å². The van der Waals surface area contributed by atoms with Crippen molar-refractivity contribution in [2.24, 2.45) is 13.0 Å². The quantitative estimate of drug-likeness (QED) is 0.0833. The first kappa shape index (κ1) is 46.4. The number of nitrogens with zero attached hydrogens (tertiary/aromatic N) is 8. The van der Waals surface area contributed by atoms with Gasteiger partial charge in [0.2, 0.25) is 17.8 Å². The fourth-order valence-electron chi connectivity index (χ4n) is 10.0. The van der Waals surface area contributed by atoms with Crippen LogP contribution in [0.15, 0.2) is 61.1 Å². The molecule has 3 N–H and O–H groups in total. The SMILES string of the molecule is COc1cc(N2CCC(CN3CCN(c4cc5c(cc4F)C(=O)N(C4CCC(=O)NC4=O)C5=O)CC3)CC2)c(-c2cnn(C)c2)cc1Nc1ncc(Cl)c(Nc2ccc(C3CC3)cc2P(C)(C)=O)n1. The van der Waals surface area contributed by atoms with E-state index in [1.165, 1.54) is 17.8 Å². The lowest BCUT2D eigenvalue weighted by molar-refractivity contribution is -0.136. The molecule has 5 aliphatic rings. The van der Waals surface area contributed by atoms with Gasteiger partial charge in [-0.25, -0.2) is 9.37 Å². The molecule has 10 rings (SSSR count). The van der Waals surface area contributed by atoms with Crippen LogP contribution in [0.25, 0.3) is 11.1 Å². The van der Waals surface area contributed by atoms with Gasteiger partial charge in [-0.05, 0) is 93.2 Å². The van der Waals surface area contributed by atoms with Crippen LogP contribution in [0.2, 0.25) is 5.02 Å². The number of anilines is 6. The summed E-state index contributed by atoms with van der Waals surface area (Å²) in [5.41, 5.74) is 5.70. The smallest absolute Gasteiger partial charge is 0.262 e. The number of carbonyl (C=O) groups is 4. The predicted molar refractivity (Wildman–Crippen MR) is 263 cm³/mol. The number of hydrogen-bond donors (Lipinski definition) is 3. The zero-order chi connectivity index (χ0) is 48.3. The Labute approximate surface area is 404 Å². The first-order chi connectivity index (χ1) is 33.1. The third-order valence-electron chi connectivity index (χ3n) is 13.9. The summed E-state index contributed by atoms with van der Waals surface area (Å²) in [6, 6.07) is 11.6. The molecule has 3 aromatic carbocycles. The Hall–Kier alpha value is -6.36. The summed E-state index contributed by atoms with van der Waals surface area (Å²) < 4.78 is 36.8. The molecule has 1 unspecified atom stereocenters.